The zero-order valence-electron chi connectivity index (χ0n) is 13.5. The number of hydrogen-bond acceptors (Lipinski definition) is 3. The number of ether oxygens (including phenoxy) is 1. The lowest BCUT2D eigenvalue weighted by molar-refractivity contribution is 0.457. The Kier molecular flexibility index (Phi) is 9.06. The molecule has 130 valence electrons. The maximum Gasteiger partial charge on any atom is 0.219 e. The lowest BCUT2D eigenvalue weighted by Crippen LogP contribution is -2.32. The van der Waals surface area contributed by atoms with E-state index in [0.717, 1.165) is 24.9 Å². The van der Waals surface area contributed by atoms with E-state index in [1.807, 2.05) is 6.07 Å². The van der Waals surface area contributed by atoms with Crippen LogP contribution in [-0.4, -0.2) is 17.5 Å². The molecule has 1 aromatic carbocycles. The normalized spacial score (nSPS) is 10.8. The van der Waals surface area contributed by atoms with Crippen LogP contribution in [0.4, 0.5) is 4.39 Å². The first kappa shape index (κ1) is 20.1. The third kappa shape index (κ3) is 7.12. The molecule has 2 rings (SSSR count). The lowest BCUT2D eigenvalue weighted by atomic mass is 10.3. The summed E-state index contributed by atoms with van der Waals surface area (Å²) in [6.45, 7) is 3.39. The van der Waals surface area contributed by atoms with Crippen LogP contribution in [0, 0.1) is 5.82 Å². The monoisotopic (exact) mass is 444 g/mol. The van der Waals surface area contributed by atoms with Gasteiger partial charge in [-0.1, -0.05) is 25.5 Å². The first-order valence-electron chi connectivity index (χ1n) is 7.59. The molecule has 0 unspecified atom stereocenters. The number of pyridine rings is 1. The number of hydrogen-bond donors (Lipinski definition) is 2. The zero-order chi connectivity index (χ0) is 16.5. The van der Waals surface area contributed by atoms with Gasteiger partial charge in [0.1, 0.15) is 11.6 Å². The summed E-state index contributed by atoms with van der Waals surface area (Å²) >= 11 is 0. The van der Waals surface area contributed by atoms with Crippen molar-refractivity contribution in [2.24, 2.45) is 10.7 Å². The van der Waals surface area contributed by atoms with Gasteiger partial charge in [-0.05, 0) is 24.1 Å². The molecule has 0 saturated carbocycles. The largest absolute Gasteiger partial charge is 0.439 e. The Hall–Kier alpha value is -1.90. The van der Waals surface area contributed by atoms with E-state index in [0.29, 0.717) is 24.1 Å². The number of rotatable bonds is 7. The fourth-order valence-corrected chi connectivity index (χ4v) is 1.84. The molecule has 0 amide bonds. The average molecular weight is 444 g/mol. The summed E-state index contributed by atoms with van der Waals surface area (Å²) in [7, 11) is 0. The van der Waals surface area contributed by atoms with E-state index >= 15 is 0 Å². The summed E-state index contributed by atoms with van der Waals surface area (Å²) in [5.41, 5.74) is 6.68. The minimum absolute atomic E-state index is 0. The maximum absolute atomic E-state index is 13.1. The molecule has 0 spiro atoms. The van der Waals surface area contributed by atoms with E-state index in [1.165, 1.54) is 12.1 Å². The first-order chi connectivity index (χ1) is 11.2. The van der Waals surface area contributed by atoms with Crippen molar-refractivity contribution in [1.82, 2.24) is 10.3 Å². The average Bonchev–Trinajstić information content (AvgIpc) is 2.54. The molecular weight excluding hydrogens is 422 g/mol. The van der Waals surface area contributed by atoms with Gasteiger partial charge in [0.15, 0.2) is 5.96 Å². The van der Waals surface area contributed by atoms with Crippen molar-refractivity contribution in [2.75, 3.05) is 6.54 Å². The van der Waals surface area contributed by atoms with Crippen LogP contribution >= 0.6 is 24.0 Å². The van der Waals surface area contributed by atoms with Crippen molar-refractivity contribution in [3.63, 3.8) is 0 Å². The highest BCUT2D eigenvalue weighted by atomic mass is 127. The molecule has 1 aromatic heterocycles. The van der Waals surface area contributed by atoms with Gasteiger partial charge in [-0.2, -0.15) is 0 Å². The van der Waals surface area contributed by atoms with E-state index in [-0.39, 0.29) is 29.8 Å². The summed E-state index contributed by atoms with van der Waals surface area (Å²) in [6.07, 6.45) is 3.83. The molecule has 0 bridgehead atoms. The summed E-state index contributed by atoms with van der Waals surface area (Å²) < 4.78 is 18.6. The zero-order valence-corrected chi connectivity index (χ0v) is 15.9. The second-order valence-corrected chi connectivity index (χ2v) is 5.05. The SMILES string of the molecule is CCCCNC(N)=NCc1ccc(Oc2cccc(F)c2)nc1.I. The first-order valence-corrected chi connectivity index (χ1v) is 7.59. The quantitative estimate of drug-likeness (QED) is 0.295. The van der Waals surface area contributed by atoms with Crippen LogP contribution in [-0.2, 0) is 6.54 Å². The number of nitrogens with zero attached hydrogens (tertiary/aromatic N) is 2. The Morgan fingerprint density at radius 2 is 2.17 bits per heavy atom. The third-order valence-electron chi connectivity index (χ3n) is 3.08. The second-order valence-electron chi connectivity index (χ2n) is 5.05. The van der Waals surface area contributed by atoms with Crippen LogP contribution in [0.2, 0.25) is 0 Å². The van der Waals surface area contributed by atoms with Gasteiger partial charge in [0, 0.05) is 24.9 Å². The Balaban J connectivity index is 0.00000288. The minimum atomic E-state index is -0.348. The van der Waals surface area contributed by atoms with Crippen molar-refractivity contribution < 1.29 is 9.13 Å². The lowest BCUT2D eigenvalue weighted by Gasteiger charge is -2.06. The van der Waals surface area contributed by atoms with E-state index in [1.54, 1.807) is 24.4 Å². The van der Waals surface area contributed by atoms with Crippen molar-refractivity contribution in [3.05, 3.63) is 54.0 Å². The van der Waals surface area contributed by atoms with Crippen molar-refractivity contribution in [1.29, 1.82) is 0 Å². The highest BCUT2D eigenvalue weighted by Gasteiger charge is 2.01. The predicted octanol–water partition coefficient (Wildman–Crippen LogP) is 3.84. The highest BCUT2D eigenvalue weighted by molar-refractivity contribution is 14.0. The van der Waals surface area contributed by atoms with Crippen molar-refractivity contribution in [3.8, 4) is 11.6 Å². The summed E-state index contributed by atoms with van der Waals surface area (Å²) in [5, 5.41) is 3.05. The van der Waals surface area contributed by atoms with Gasteiger partial charge in [-0.3, -0.25) is 0 Å². The maximum atomic E-state index is 13.1. The smallest absolute Gasteiger partial charge is 0.219 e. The number of aromatic nitrogens is 1. The van der Waals surface area contributed by atoms with Crippen LogP contribution in [0.3, 0.4) is 0 Å². The van der Waals surface area contributed by atoms with Gasteiger partial charge in [-0.15, -0.1) is 24.0 Å². The molecule has 0 aliphatic heterocycles. The number of aliphatic imine (C=N–C) groups is 1. The fourth-order valence-electron chi connectivity index (χ4n) is 1.84. The number of unbranched alkanes of at least 4 members (excludes halogenated alkanes) is 1. The molecule has 0 saturated heterocycles. The van der Waals surface area contributed by atoms with Gasteiger partial charge < -0.3 is 15.8 Å². The highest BCUT2D eigenvalue weighted by Crippen LogP contribution is 2.20. The molecule has 0 atom stereocenters. The number of nitrogens with one attached hydrogen (secondary N) is 1. The second kappa shape index (κ2) is 10.8. The van der Waals surface area contributed by atoms with Crippen LogP contribution in [0.25, 0.3) is 0 Å². The minimum Gasteiger partial charge on any atom is -0.439 e. The molecule has 0 aliphatic rings. The summed E-state index contributed by atoms with van der Waals surface area (Å²) in [5.74, 6) is 0.892. The van der Waals surface area contributed by atoms with E-state index in [9.17, 15) is 4.39 Å². The molecule has 7 heteroatoms. The van der Waals surface area contributed by atoms with E-state index in [4.69, 9.17) is 10.5 Å². The Morgan fingerprint density at radius 1 is 1.33 bits per heavy atom. The Morgan fingerprint density at radius 3 is 2.83 bits per heavy atom. The molecule has 0 aliphatic carbocycles. The summed E-state index contributed by atoms with van der Waals surface area (Å²) in [6, 6.07) is 9.50. The predicted molar refractivity (Wildman–Crippen MR) is 104 cm³/mol. The number of benzene rings is 1. The van der Waals surface area contributed by atoms with Gasteiger partial charge in [0.05, 0.1) is 6.54 Å². The van der Waals surface area contributed by atoms with Gasteiger partial charge in [-0.25, -0.2) is 14.4 Å². The Labute approximate surface area is 158 Å². The van der Waals surface area contributed by atoms with E-state index in [2.05, 4.69) is 22.2 Å². The molecule has 2 aromatic rings. The van der Waals surface area contributed by atoms with E-state index < -0.39 is 0 Å². The van der Waals surface area contributed by atoms with Crippen LogP contribution in [0.1, 0.15) is 25.3 Å². The number of nitrogens with two attached hydrogens (primary N) is 1. The number of halogens is 2. The van der Waals surface area contributed by atoms with Crippen molar-refractivity contribution in [2.45, 2.75) is 26.3 Å². The third-order valence-corrected chi connectivity index (χ3v) is 3.08. The molecule has 5 nitrogen and oxygen atoms in total. The van der Waals surface area contributed by atoms with Gasteiger partial charge in [0.2, 0.25) is 5.88 Å². The van der Waals surface area contributed by atoms with Crippen LogP contribution < -0.4 is 15.8 Å². The molecule has 0 radical (unpaired) electrons. The molecule has 0 fully saturated rings. The Bertz CT molecular complexity index is 649. The summed E-state index contributed by atoms with van der Waals surface area (Å²) in [4.78, 5) is 8.43. The molecule has 1 heterocycles. The van der Waals surface area contributed by atoms with Gasteiger partial charge >= 0.3 is 0 Å². The van der Waals surface area contributed by atoms with Crippen LogP contribution in [0.5, 0.6) is 11.6 Å². The number of guanidine groups is 1. The molecule has 3 N–H and O–H groups in total. The fraction of sp³-hybridized carbons (Fsp3) is 0.294. The van der Waals surface area contributed by atoms with Crippen molar-refractivity contribution >= 4 is 29.9 Å². The molecule has 24 heavy (non-hydrogen) atoms. The van der Waals surface area contributed by atoms with Crippen LogP contribution in [0.15, 0.2) is 47.6 Å². The standard InChI is InChI=1S/C17H21FN4O.HI/c1-2-3-9-20-17(19)22-12-13-7-8-16(21-11-13)23-15-6-4-5-14(18)10-15;/h4-8,10-11H,2-3,9,12H2,1H3,(H3,19,20,22);1H. The topological polar surface area (TPSA) is 72.5 Å². The molecular formula is C17H22FIN4O. The van der Waals surface area contributed by atoms with Gasteiger partial charge in [0.25, 0.3) is 0 Å².